The van der Waals surface area contributed by atoms with Gasteiger partial charge in [-0.2, -0.15) is 0 Å². The Kier molecular flexibility index (Phi) is 28.2. The molecule has 0 radical (unpaired) electrons. The Bertz CT molecular complexity index is 332. The summed E-state index contributed by atoms with van der Waals surface area (Å²) in [5.74, 6) is 0. The topological polar surface area (TPSA) is 119 Å². The second kappa shape index (κ2) is 24.6. The minimum Gasteiger partial charge on any atom is -0.812 e. The quantitative estimate of drug-likeness (QED) is 0.491. The largest absolute Gasteiger partial charge is 2.00 e. The second-order valence-electron chi connectivity index (χ2n) is 2.23. The molecule has 0 aromatic carbocycles. The molecule has 6 nitrogen and oxygen atoms in total. The van der Waals surface area contributed by atoms with Crippen LogP contribution in [-0.2, 0) is 19.5 Å². The third kappa shape index (κ3) is 31.3. The molecule has 0 bridgehead atoms. The molecule has 0 aliphatic carbocycles. The van der Waals surface area contributed by atoms with E-state index in [4.69, 9.17) is 20.7 Å². The molecule has 0 spiro atoms. The van der Waals surface area contributed by atoms with Crippen LogP contribution in [0.5, 0.6) is 0 Å². The van der Waals surface area contributed by atoms with Gasteiger partial charge in [-0.05, 0) is 24.3 Å². The van der Waals surface area contributed by atoms with Gasteiger partial charge < -0.3 is 10.2 Å². The van der Waals surface area contributed by atoms with Gasteiger partial charge in [0.1, 0.15) is 0 Å². The standard InChI is InChI=1S/2C5H5N.2CHNO.Zn/c2*1-2-4-6-5-3-1;2*2-1-3;/h2*1-5H;2*3H;/q;;;;+2/p-2. The minimum atomic E-state index is 0. The number of aromatic nitrogens is 2. The first kappa shape index (κ1) is 21.8. The first-order valence-corrected chi connectivity index (χ1v) is 4.55. The zero-order chi connectivity index (χ0) is 13.9. The molecule has 0 unspecified atom stereocenters. The van der Waals surface area contributed by atoms with Crippen molar-refractivity contribution in [3.05, 3.63) is 61.2 Å². The Labute approximate surface area is 124 Å². The summed E-state index contributed by atoms with van der Waals surface area (Å²) < 4.78 is 0. The van der Waals surface area contributed by atoms with Gasteiger partial charge in [0.05, 0.1) is 0 Å². The Morgan fingerprint density at radius 3 is 0.895 bits per heavy atom. The molecule has 92 valence electrons. The number of hydrogen-bond acceptors (Lipinski definition) is 6. The molecule has 19 heavy (non-hydrogen) atoms. The van der Waals surface area contributed by atoms with Crippen molar-refractivity contribution in [2.24, 2.45) is 0 Å². The van der Waals surface area contributed by atoms with Gasteiger partial charge in [0.15, 0.2) is 0 Å². The predicted molar refractivity (Wildman–Crippen MR) is 59.7 cm³/mol. The summed E-state index contributed by atoms with van der Waals surface area (Å²) in [7, 11) is 0. The molecule has 0 atom stereocenters. The van der Waals surface area contributed by atoms with Crippen LogP contribution in [0, 0.1) is 23.0 Å². The molecule has 0 aliphatic heterocycles. The summed E-state index contributed by atoms with van der Waals surface area (Å²) in [4.78, 5) is 7.57. The Morgan fingerprint density at radius 2 is 0.842 bits per heavy atom. The Hall–Kier alpha value is -2.50. The number of nitriles is 2. The summed E-state index contributed by atoms with van der Waals surface area (Å²) in [6, 6.07) is 11.4. The van der Waals surface area contributed by atoms with Crippen molar-refractivity contribution in [1.29, 1.82) is 10.5 Å². The zero-order valence-electron chi connectivity index (χ0n) is 10.1. The molecular weight excluding hydrogens is 298 g/mol. The minimum absolute atomic E-state index is 0. The fourth-order valence-electron chi connectivity index (χ4n) is 0.625. The van der Waals surface area contributed by atoms with Crippen LogP contribution >= 0.6 is 0 Å². The van der Waals surface area contributed by atoms with Crippen LogP contribution in [-0.4, -0.2) is 9.97 Å². The van der Waals surface area contributed by atoms with Crippen LogP contribution in [0.1, 0.15) is 0 Å². The van der Waals surface area contributed by atoms with Crippen molar-refractivity contribution in [3.8, 4) is 12.5 Å². The SMILES string of the molecule is N#C[O-].N#C[O-].[Zn+2].c1ccncc1.c1ccncc1. The van der Waals surface area contributed by atoms with Crippen molar-refractivity contribution in [3.63, 3.8) is 0 Å². The predicted octanol–water partition coefficient (Wildman–Crippen LogP) is -0.184. The van der Waals surface area contributed by atoms with E-state index in [1.165, 1.54) is 0 Å². The van der Waals surface area contributed by atoms with E-state index in [9.17, 15) is 0 Å². The molecule has 2 aromatic rings. The fourth-order valence-corrected chi connectivity index (χ4v) is 0.625. The van der Waals surface area contributed by atoms with E-state index in [2.05, 4.69) is 9.97 Å². The summed E-state index contributed by atoms with van der Waals surface area (Å²) in [5.41, 5.74) is 0. The maximum absolute atomic E-state index is 8.24. The van der Waals surface area contributed by atoms with Crippen molar-refractivity contribution in [2.75, 3.05) is 0 Å². The van der Waals surface area contributed by atoms with Gasteiger partial charge in [0, 0.05) is 37.3 Å². The van der Waals surface area contributed by atoms with Gasteiger partial charge in [-0.25, -0.2) is 10.5 Å². The van der Waals surface area contributed by atoms with E-state index >= 15 is 0 Å². The third-order valence-electron chi connectivity index (χ3n) is 1.13. The molecular formula is C12H10N4O2Zn. The van der Waals surface area contributed by atoms with Crippen LogP contribution in [0.4, 0.5) is 0 Å². The van der Waals surface area contributed by atoms with E-state index in [0.717, 1.165) is 0 Å². The first-order valence-electron chi connectivity index (χ1n) is 4.55. The van der Waals surface area contributed by atoms with Crippen LogP contribution < -0.4 is 10.2 Å². The van der Waals surface area contributed by atoms with Crippen molar-refractivity contribution in [2.45, 2.75) is 0 Å². The second-order valence-corrected chi connectivity index (χ2v) is 2.23. The molecule has 7 heteroatoms. The first-order chi connectivity index (χ1) is 8.83. The van der Waals surface area contributed by atoms with Crippen molar-refractivity contribution < 1.29 is 29.7 Å². The van der Waals surface area contributed by atoms with Gasteiger partial charge in [-0.3, -0.25) is 9.97 Å². The van der Waals surface area contributed by atoms with Crippen molar-refractivity contribution in [1.82, 2.24) is 9.97 Å². The Morgan fingerprint density at radius 1 is 0.632 bits per heavy atom. The number of pyridine rings is 2. The van der Waals surface area contributed by atoms with Crippen LogP contribution in [0.25, 0.3) is 0 Å². The van der Waals surface area contributed by atoms with Crippen LogP contribution in [0.2, 0.25) is 0 Å². The van der Waals surface area contributed by atoms with Gasteiger partial charge in [0.25, 0.3) is 0 Å². The molecule has 0 fully saturated rings. The molecule has 2 rings (SSSR count). The van der Waals surface area contributed by atoms with Gasteiger partial charge in [0.2, 0.25) is 0 Å². The number of nitrogens with zero attached hydrogens (tertiary/aromatic N) is 4. The van der Waals surface area contributed by atoms with E-state index in [0.29, 0.717) is 12.5 Å². The summed E-state index contributed by atoms with van der Waals surface area (Å²) in [5, 5.41) is 30.0. The maximum atomic E-state index is 8.24. The zero-order valence-corrected chi connectivity index (χ0v) is 13.1. The van der Waals surface area contributed by atoms with Crippen LogP contribution in [0.15, 0.2) is 61.2 Å². The van der Waals surface area contributed by atoms with E-state index < -0.39 is 0 Å². The third-order valence-corrected chi connectivity index (χ3v) is 1.13. The van der Waals surface area contributed by atoms with Gasteiger partial charge >= 0.3 is 19.5 Å². The fraction of sp³-hybridized carbons (Fsp3) is 0. The number of hydrogen-bond donors (Lipinski definition) is 0. The van der Waals surface area contributed by atoms with Crippen LogP contribution in [0.3, 0.4) is 0 Å². The number of rotatable bonds is 0. The molecule has 0 N–H and O–H groups in total. The smallest absolute Gasteiger partial charge is 0.812 e. The average Bonchev–Trinajstić information content (AvgIpc) is 2.45. The Balaban J connectivity index is -0.000000188. The van der Waals surface area contributed by atoms with Gasteiger partial charge in [-0.1, -0.05) is 12.1 Å². The molecule has 0 saturated carbocycles. The monoisotopic (exact) mass is 306 g/mol. The summed E-state index contributed by atoms with van der Waals surface area (Å²) >= 11 is 0. The molecule has 0 amide bonds. The molecule has 2 heterocycles. The van der Waals surface area contributed by atoms with Crippen molar-refractivity contribution >= 4 is 0 Å². The molecule has 0 aliphatic rings. The summed E-state index contributed by atoms with van der Waals surface area (Å²) in [6.45, 7) is 0. The van der Waals surface area contributed by atoms with E-state index in [-0.39, 0.29) is 19.5 Å². The maximum Gasteiger partial charge on any atom is 2.00 e. The average molecular weight is 308 g/mol. The summed E-state index contributed by atoms with van der Waals surface area (Å²) in [6.07, 6.45) is 8.00. The van der Waals surface area contributed by atoms with E-state index in [1.807, 2.05) is 36.4 Å². The van der Waals surface area contributed by atoms with Gasteiger partial charge in [-0.15, -0.1) is 0 Å². The molecule has 2 aromatic heterocycles. The normalized spacial score (nSPS) is 5.79. The van der Waals surface area contributed by atoms with E-state index in [1.54, 1.807) is 24.8 Å². The molecule has 0 saturated heterocycles.